The lowest BCUT2D eigenvalue weighted by Gasteiger charge is -2.30. The molecule has 2 aromatic rings. The van der Waals surface area contributed by atoms with E-state index in [1.807, 2.05) is 12.1 Å². The molecule has 5 heteroatoms. The predicted molar refractivity (Wildman–Crippen MR) is 102 cm³/mol. The van der Waals surface area contributed by atoms with Crippen LogP contribution in [0.5, 0.6) is 5.75 Å². The van der Waals surface area contributed by atoms with E-state index in [0.717, 1.165) is 32.5 Å². The summed E-state index contributed by atoms with van der Waals surface area (Å²) in [6.45, 7) is 2.88. The molecular weight excluding hydrogens is 355 g/mol. The monoisotopic (exact) mass is 376 g/mol. The highest BCUT2D eigenvalue weighted by Crippen LogP contribution is 2.41. The number of rotatable bonds is 4. The Bertz CT molecular complexity index is 767. The summed E-state index contributed by atoms with van der Waals surface area (Å²) >= 11 is 12.4. The zero-order chi connectivity index (χ0) is 17.4. The van der Waals surface area contributed by atoms with Gasteiger partial charge in [0.1, 0.15) is 11.9 Å². The van der Waals surface area contributed by atoms with E-state index in [2.05, 4.69) is 29.2 Å². The third kappa shape index (κ3) is 3.39. The molecule has 3 atom stereocenters. The third-order valence-corrected chi connectivity index (χ3v) is 5.94. The molecule has 4 rings (SSSR count). The number of ether oxygens (including phenoxy) is 1. The molecule has 25 heavy (non-hydrogen) atoms. The van der Waals surface area contributed by atoms with Crippen molar-refractivity contribution in [3.63, 3.8) is 0 Å². The molecule has 0 radical (unpaired) electrons. The van der Waals surface area contributed by atoms with Gasteiger partial charge in [0.05, 0.1) is 11.1 Å². The van der Waals surface area contributed by atoms with Gasteiger partial charge >= 0.3 is 0 Å². The standard InChI is InChI=1S/C20H22Cl2N2O/c21-15-5-6-19(17(22)10-15)25-20-16-4-2-1-3-14(16)9-18(20)24-8-7-13(11-23)12-24/h1-6,10,13,18,20H,7-9,11-12,23H2/t13-,18-,20-/m1/s1. The Hall–Kier alpha value is -1.26. The highest BCUT2D eigenvalue weighted by atomic mass is 35.5. The summed E-state index contributed by atoms with van der Waals surface area (Å²) in [5, 5.41) is 1.17. The molecule has 0 spiro atoms. The minimum Gasteiger partial charge on any atom is -0.482 e. The third-order valence-electron chi connectivity index (χ3n) is 5.41. The van der Waals surface area contributed by atoms with Crippen LogP contribution in [0.1, 0.15) is 23.7 Å². The molecule has 1 heterocycles. The van der Waals surface area contributed by atoms with E-state index in [1.165, 1.54) is 11.1 Å². The molecule has 0 bridgehead atoms. The zero-order valence-corrected chi connectivity index (χ0v) is 15.5. The second-order valence-corrected chi connectivity index (χ2v) is 7.81. The van der Waals surface area contributed by atoms with Gasteiger partial charge < -0.3 is 10.5 Å². The van der Waals surface area contributed by atoms with Gasteiger partial charge in [-0.3, -0.25) is 4.90 Å². The second kappa shape index (κ2) is 7.16. The molecule has 132 valence electrons. The fourth-order valence-corrected chi connectivity index (χ4v) is 4.52. The molecule has 0 aromatic heterocycles. The summed E-state index contributed by atoms with van der Waals surface area (Å²) in [6, 6.07) is 14.3. The fourth-order valence-electron chi connectivity index (χ4n) is 4.06. The van der Waals surface area contributed by atoms with Crippen molar-refractivity contribution in [2.24, 2.45) is 11.7 Å². The van der Waals surface area contributed by atoms with Crippen LogP contribution in [0, 0.1) is 5.92 Å². The predicted octanol–water partition coefficient (Wildman–Crippen LogP) is 4.32. The first-order valence-electron chi connectivity index (χ1n) is 8.79. The minimum atomic E-state index is -0.0219. The quantitative estimate of drug-likeness (QED) is 0.863. The number of fused-ring (bicyclic) bond motifs is 1. The molecule has 3 nitrogen and oxygen atoms in total. The molecule has 1 fully saturated rings. The van der Waals surface area contributed by atoms with Gasteiger partial charge in [0, 0.05) is 11.6 Å². The number of nitrogens with two attached hydrogens (primary N) is 1. The van der Waals surface area contributed by atoms with Crippen LogP contribution in [0.25, 0.3) is 0 Å². The maximum absolute atomic E-state index is 6.42. The van der Waals surface area contributed by atoms with Crippen molar-refractivity contribution in [1.82, 2.24) is 4.90 Å². The smallest absolute Gasteiger partial charge is 0.140 e. The maximum atomic E-state index is 6.42. The van der Waals surface area contributed by atoms with Crippen LogP contribution in [-0.2, 0) is 6.42 Å². The molecule has 2 aliphatic rings. The van der Waals surface area contributed by atoms with E-state index in [-0.39, 0.29) is 6.10 Å². The van der Waals surface area contributed by atoms with Gasteiger partial charge in [-0.2, -0.15) is 0 Å². The Morgan fingerprint density at radius 1 is 1.16 bits per heavy atom. The summed E-state index contributed by atoms with van der Waals surface area (Å²) in [4.78, 5) is 2.53. The van der Waals surface area contributed by atoms with Crippen LogP contribution in [0.4, 0.5) is 0 Å². The van der Waals surface area contributed by atoms with E-state index in [9.17, 15) is 0 Å². The van der Waals surface area contributed by atoms with Crippen molar-refractivity contribution in [1.29, 1.82) is 0 Å². The Labute approximate surface area is 158 Å². The SMILES string of the molecule is NC[C@H]1CCN([C@@H]2Cc3ccccc3[C@H]2Oc2ccc(Cl)cc2Cl)C1. The Balaban J connectivity index is 1.63. The lowest BCUT2D eigenvalue weighted by atomic mass is 10.1. The van der Waals surface area contributed by atoms with E-state index in [1.54, 1.807) is 6.07 Å². The van der Waals surface area contributed by atoms with E-state index < -0.39 is 0 Å². The van der Waals surface area contributed by atoms with Crippen LogP contribution < -0.4 is 10.5 Å². The van der Waals surface area contributed by atoms with E-state index >= 15 is 0 Å². The molecular formula is C20H22Cl2N2O. The van der Waals surface area contributed by atoms with Crippen LogP contribution in [-0.4, -0.2) is 30.6 Å². The first-order valence-corrected chi connectivity index (χ1v) is 9.55. The van der Waals surface area contributed by atoms with Crippen molar-refractivity contribution >= 4 is 23.2 Å². The van der Waals surface area contributed by atoms with Gasteiger partial charge in [0.15, 0.2) is 0 Å². The number of hydrogen-bond acceptors (Lipinski definition) is 3. The van der Waals surface area contributed by atoms with Gasteiger partial charge in [0.2, 0.25) is 0 Å². The van der Waals surface area contributed by atoms with Gasteiger partial charge in [-0.15, -0.1) is 0 Å². The molecule has 1 aliphatic carbocycles. The first kappa shape index (κ1) is 17.2. The molecule has 2 N–H and O–H groups in total. The average molecular weight is 377 g/mol. The van der Waals surface area contributed by atoms with Crippen LogP contribution >= 0.6 is 23.2 Å². The Morgan fingerprint density at radius 3 is 2.76 bits per heavy atom. The van der Waals surface area contributed by atoms with Crippen molar-refractivity contribution in [3.05, 3.63) is 63.6 Å². The van der Waals surface area contributed by atoms with E-state index in [0.29, 0.717) is 27.8 Å². The molecule has 2 aromatic carbocycles. The minimum absolute atomic E-state index is 0.0219. The first-order chi connectivity index (χ1) is 12.2. The normalized spacial score (nSPS) is 26.0. The molecule has 0 amide bonds. The number of nitrogens with zero attached hydrogens (tertiary/aromatic N) is 1. The summed E-state index contributed by atoms with van der Waals surface area (Å²) in [7, 11) is 0. The van der Waals surface area contributed by atoms with E-state index in [4.69, 9.17) is 33.7 Å². The summed E-state index contributed by atoms with van der Waals surface area (Å²) < 4.78 is 6.42. The lowest BCUT2D eigenvalue weighted by molar-refractivity contribution is 0.0918. The topological polar surface area (TPSA) is 38.5 Å². The van der Waals surface area contributed by atoms with Crippen molar-refractivity contribution in [2.75, 3.05) is 19.6 Å². The average Bonchev–Trinajstić information content (AvgIpc) is 3.22. The number of halogens is 2. The van der Waals surface area contributed by atoms with Crippen molar-refractivity contribution in [3.8, 4) is 5.75 Å². The van der Waals surface area contributed by atoms with Crippen molar-refractivity contribution < 1.29 is 4.74 Å². The Morgan fingerprint density at radius 2 is 2.00 bits per heavy atom. The maximum Gasteiger partial charge on any atom is 0.140 e. The summed E-state index contributed by atoms with van der Waals surface area (Å²) in [6.07, 6.45) is 2.15. The Kier molecular flexibility index (Phi) is 4.92. The molecule has 1 saturated heterocycles. The number of benzene rings is 2. The highest BCUT2D eigenvalue weighted by molar-refractivity contribution is 6.35. The zero-order valence-electron chi connectivity index (χ0n) is 14.0. The van der Waals surface area contributed by atoms with Gasteiger partial charge in [0.25, 0.3) is 0 Å². The molecule has 0 saturated carbocycles. The van der Waals surface area contributed by atoms with Crippen LogP contribution in [0.15, 0.2) is 42.5 Å². The second-order valence-electron chi connectivity index (χ2n) is 6.97. The lowest BCUT2D eigenvalue weighted by Crippen LogP contribution is -2.39. The van der Waals surface area contributed by atoms with Crippen LogP contribution in [0.3, 0.4) is 0 Å². The largest absolute Gasteiger partial charge is 0.482 e. The fraction of sp³-hybridized carbons (Fsp3) is 0.400. The number of likely N-dealkylation sites (tertiary alicyclic amines) is 1. The molecule has 0 unspecified atom stereocenters. The highest BCUT2D eigenvalue weighted by Gasteiger charge is 2.40. The summed E-state index contributed by atoms with van der Waals surface area (Å²) in [5.74, 6) is 1.27. The van der Waals surface area contributed by atoms with Crippen molar-refractivity contribution in [2.45, 2.75) is 25.0 Å². The van der Waals surface area contributed by atoms with Crippen LogP contribution in [0.2, 0.25) is 10.0 Å². The number of hydrogen-bond donors (Lipinski definition) is 1. The van der Waals surface area contributed by atoms with Gasteiger partial charge in [-0.25, -0.2) is 0 Å². The van der Waals surface area contributed by atoms with Gasteiger partial charge in [-0.1, -0.05) is 47.5 Å². The summed E-state index contributed by atoms with van der Waals surface area (Å²) in [5.41, 5.74) is 8.50. The molecule has 1 aliphatic heterocycles. The van der Waals surface area contributed by atoms with Gasteiger partial charge in [-0.05, 0) is 61.2 Å².